The fourth-order valence-electron chi connectivity index (χ4n) is 1.22. The molecule has 0 aliphatic rings. The molecule has 0 unspecified atom stereocenters. The molecule has 7 nitrogen and oxygen atoms in total. The molecule has 0 saturated carbocycles. The van der Waals surface area contributed by atoms with Gasteiger partial charge in [0.25, 0.3) is 5.91 Å². The summed E-state index contributed by atoms with van der Waals surface area (Å²) in [6, 6.07) is 1.77. The van der Waals surface area contributed by atoms with Gasteiger partial charge in [-0.25, -0.2) is 4.98 Å². The topological polar surface area (TPSA) is 88.5 Å². The Kier molecular flexibility index (Phi) is 2.20. The van der Waals surface area contributed by atoms with Crippen molar-refractivity contribution in [3.63, 3.8) is 0 Å². The summed E-state index contributed by atoms with van der Waals surface area (Å²) in [6.07, 6.45) is 1.28. The fourth-order valence-corrected chi connectivity index (χ4v) is 1.22. The van der Waals surface area contributed by atoms with Crippen molar-refractivity contribution in [3.05, 3.63) is 23.9 Å². The first kappa shape index (κ1) is 9.38. The van der Waals surface area contributed by atoms with Crippen LogP contribution < -0.4 is 5.32 Å². The van der Waals surface area contributed by atoms with Gasteiger partial charge in [0.2, 0.25) is 5.82 Å². The molecule has 2 aromatic heterocycles. The molecule has 2 N–H and O–H groups in total. The van der Waals surface area contributed by atoms with E-state index < -0.39 is 0 Å². The average Bonchev–Trinajstić information content (AvgIpc) is 2.76. The molecule has 0 spiro atoms. The molecule has 1 amide bonds. The van der Waals surface area contributed by atoms with Gasteiger partial charge in [-0.15, -0.1) is 0 Å². The number of carbonyl (C=O) groups excluding carboxylic acids is 1. The van der Waals surface area contributed by atoms with Crippen molar-refractivity contribution < 1.29 is 4.79 Å². The van der Waals surface area contributed by atoms with Crippen molar-refractivity contribution in [3.8, 4) is 0 Å². The van der Waals surface area contributed by atoms with E-state index >= 15 is 0 Å². The maximum absolute atomic E-state index is 11.6. The van der Waals surface area contributed by atoms with E-state index in [1.807, 2.05) is 6.92 Å². The fraction of sp³-hybridized carbons (Fsp3) is 0.250. The molecule has 7 heteroatoms. The van der Waals surface area contributed by atoms with Crippen LogP contribution in [0.3, 0.4) is 0 Å². The minimum absolute atomic E-state index is 0.175. The van der Waals surface area contributed by atoms with E-state index in [1.165, 1.54) is 6.33 Å². The number of anilines is 1. The number of aromatic amines is 1. The molecule has 0 aromatic carbocycles. The summed E-state index contributed by atoms with van der Waals surface area (Å²) in [5.41, 5.74) is 0.838. The number of amides is 1. The number of hydrogen-bond acceptors (Lipinski definition) is 4. The lowest BCUT2D eigenvalue weighted by Gasteiger charge is -2.01. The highest BCUT2D eigenvalue weighted by molar-refractivity contribution is 6.00. The zero-order valence-corrected chi connectivity index (χ0v) is 8.35. The highest BCUT2D eigenvalue weighted by Gasteiger charge is 2.11. The van der Waals surface area contributed by atoms with Crippen LogP contribution in [0, 0.1) is 6.92 Å². The predicted molar refractivity (Wildman–Crippen MR) is 52.3 cm³/mol. The smallest absolute Gasteiger partial charge is 0.294 e. The molecule has 0 fully saturated rings. The standard InChI is InChI=1S/C8H10N6O/c1-5-3-6(14(2)13-5)11-8(15)7-9-4-10-12-7/h3-4H,1-2H3,(H,11,15)(H,9,10,12). The van der Waals surface area contributed by atoms with Gasteiger partial charge in [-0.3, -0.25) is 14.6 Å². The molecule has 2 aromatic rings. The number of nitrogens with zero attached hydrogens (tertiary/aromatic N) is 4. The van der Waals surface area contributed by atoms with E-state index in [0.29, 0.717) is 5.82 Å². The Morgan fingerprint density at radius 3 is 2.93 bits per heavy atom. The summed E-state index contributed by atoms with van der Waals surface area (Å²) in [5.74, 6) is 0.457. The van der Waals surface area contributed by atoms with Crippen molar-refractivity contribution in [1.82, 2.24) is 25.0 Å². The summed E-state index contributed by atoms with van der Waals surface area (Å²) in [7, 11) is 1.75. The summed E-state index contributed by atoms with van der Waals surface area (Å²) in [6.45, 7) is 1.85. The summed E-state index contributed by atoms with van der Waals surface area (Å²) in [5, 5.41) is 12.8. The molecular weight excluding hydrogens is 196 g/mol. The van der Waals surface area contributed by atoms with E-state index in [1.54, 1.807) is 17.8 Å². The number of rotatable bonds is 2. The molecule has 0 atom stereocenters. The van der Waals surface area contributed by atoms with Crippen LogP contribution >= 0.6 is 0 Å². The second kappa shape index (κ2) is 3.52. The molecule has 0 saturated heterocycles. The zero-order chi connectivity index (χ0) is 10.8. The van der Waals surface area contributed by atoms with Crippen LogP contribution in [0.5, 0.6) is 0 Å². The van der Waals surface area contributed by atoms with Crippen LogP contribution in [0.2, 0.25) is 0 Å². The molecule has 0 aliphatic heterocycles. The van der Waals surface area contributed by atoms with E-state index in [9.17, 15) is 4.79 Å². The first-order chi connectivity index (χ1) is 7.16. The largest absolute Gasteiger partial charge is 0.304 e. The molecule has 78 valence electrons. The number of hydrogen-bond donors (Lipinski definition) is 2. The third-order valence-electron chi connectivity index (χ3n) is 1.87. The quantitative estimate of drug-likeness (QED) is 0.729. The SMILES string of the molecule is Cc1cc(NC(=O)c2ncn[nH]2)n(C)n1. The third-order valence-corrected chi connectivity index (χ3v) is 1.87. The number of carbonyl (C=O) groups is 1. The average molecular weight is 206 g/mol. The zero-order valence-electron chi connectivity index (χ0n) is 8.35. The highest BCUT2D eigenvalue weighted by Crippen LogP contribution is 2.08. The lowest BCUT2D eigenvalue weighted by atomic mass is 10.4. The van der Waals surface area contributed by atoms with E-state index in [2.05, 4.69) is 25.6 Å². The number of aromatic nitrogens is 5. The lowest BCUT2D eigenvalue weighted by Crippen LogP contribution is -2.16. The van der Waals surface area contributed by atoms with E-state index in [-0.39, 0.29) is 11.7 Å². The molecule has 2 rings (SSSR count). The Bertz CT molecular complexity index is 471. The predicted octanol–water partition coefficient (Wildman–Crippen LogP) is 0.0989. The van der Waals surface area contributed by atoms with Gasteiger partial charge < -0.3 is 5.32 Å². The van der Waals surface area contributed by atoms with Crippen LogP contribution in [-0.4, -0.2) is 30.9 Å². The third kappa shape index (κ3) is 1.85. The van der Waals surface area contributed by atoms with Crippen molar-refractivity contribution in [2.75, 3.05) is 5.32 Å². The normalized spacial score (nSPS) is 10.3. The second-order valence-corrected chi connectivity index (χ2v) is 3.08. The van der Waals surface area contributed by atoms with Gasteiger partial charge >= 0.3 is 0 Å². The van der Waals surface area contributed by atoms with Gasteiger partial charge in [-0.1, -0.05) is 0 Å². The van der Waals surface area contributed by atoms with Gasteiger partial charge in [-0.05, 0) is 6.92 Å². The molecule has 0 bridgehead atoms. The molecule has 0 aliphatic carbocycles. The first-order valence-electron chi connectivity index (χ1n) is 4.34. The van der Waals surface area contributed by atoms with Crippen molar-refractivity contribution in [2.45, 2.75) is 6.92 Å². The summed E-state index contributed by atoms with van der Waals surface area (Å²) in [4.78, 5) is 15.3. The summed E-state index contributed by atoms with van der Waals surface area (Å²) < 4.78 is 1.59. The van der Waals surface area contributed by atoms with Crippen molar-refractivity contribution in [1.29, 1.82) is 0 Å². The van der Waals surface area contributed by atoms with E-state index in [0.717, 1.165) is 5.69 Å². The van der Waals surface area contributed by atoms with Crippen LogP contribution in [0.1, 0.15) is 16.3 Å². The second-order valence-electron chi connectivity index (χ2n) is 3.08. The van der Waals surface area contributed by atoms with E-state index in [4.69, 9.17) is 0 Å². The van der Waals surface area contributed by atoms with Crippen LogP contribution in [0.25, 0.3) is 0 Å². The molecule has 2 heterocycles. The van der Waals surface area contributed by atoms with Crippen LogP contribution in [-0.2, 0) is 7.05 Å². The number of nitrogens with one attached hydrogen (secondary N) is 2. The molecule has 15 heavy (non-hydrogen) atoms. The minimum atomic E-state index is -0.337. The molecular formula is C8H10N6O. The summed E-state index contributed by atoms with van der Waals surface area (Å²) >= 11 is 0. The van der Waals surface area contributed by atoms with Gasteiger partial charge in [0, 0.05) is 13.1 Å². The van der Waals surface area contributed by atoms with Gasteiger partial charge in [0.15, 0.2) is 0 Å². The molecule has 0 radical (unpaired) electrons. The Balaban J connectivity index is 2.16. The Labute approximate surface area is 85.5 Å². The Morgan fingerprint density at radius 2 is 2.40 bits per heavy atom. The van der Waals surface area contributed by atoms with Crippen LogP contribution in [0.4, 0.5) is 5.82 Å². The van der Waals surface area contributed by atoms with Crippen molar-refractivity contribution >= 4 is 11.7 Å². The minimum Gasteiger partial charge on any atom is -0.304 e. The maximum Gasteiger partial charge on any atom is 0.294 e. The number of aryl methyl sites for hydroxylation is 2. The van der Waals surface area contributed by atoms with Gasteiger partial charge in [0.05, 0.1) is 5.69 Å². The number of H-pyrrole nitrogens is 1. The van der Waals surface area contributed by atoms with Gasteiger partial charge in [0.1, 0.15) is 12.1 Å². The maximum atomic E-state index is 11.6. The monoisotopic (exact) mass is 206 g/mol. The Hall–Kier alpha value is -2.18. The first-order valence-corrected chi connectivity index (χ1v) is 4.34. The van der Waals surface area contributed by atoms with Crippen LogP contribution in [0.15, 0.2) is 12.4 Å². The van der Waals surface area contributed by atoms with Crippen molar-refractivity contribution in [2.24, 2.45) is 7.05 Å². The Morgan fingerprint density at radius 1 is 1.60 bits per heavy atom. The van der Waals surface area contributed by atoms with Gasteiger partial charge in [-0.2, -0.15) is 10.2 Å². The lowest BCUT2D eigenvalue weighted by molar-refractivity contribution is 0.101. The highest BCUT2D eigenvalue weighted by atomic mass is 16.2.